The summed E-state index contributed by atoms with van der Waals surface area (Å²) in [4.78, 5) is 39.5. The summed E-state index contributed by atoms with van der Waals surface area (Å²) in [5, 5.41) is 2.69. The first-order valence-corrected chi connectivity index (χ1v) is 15.2. The number of ketones is 1. The van der Waals surface area contributed by atoms with Gasteiger partial charge in [0.15, 0.2) is 5.78 Å². The number of carbonyl (C=O) groups excluding carboxylic acids is 3. The zero-order chi connectivity index (χ0) is 30.5. The number of hydrogen-bond acceptors (Lipinski definition) is 6. The molecule has 7 rings (SSSR count). The number of ether oxygens (including phenoxy) is 2. The molecular formula is C36H37NO6. The van der Waals surface area contributed by atoms with Crippen LogP contribution in [0.2, 0.25) is 0 Å². The van der Waals surface area contributed by atoms with E-state index in [1.54, 1.807) is 30.5 Å². The van der Waals surface area contributed by atoms with Crippen LogP contribution in [0.3, 0.4) is 0 Å². The maximum atomic E-state index is 13.8. The first-order chi connectivity index (χ1) is 20.5. The molecule has 1 N–H and O–H groups in total. The molecule has 0 bridgehead atoms. The molecule has 5 aliphatic rings. The van der Waals surface area contributed by atoms with Gasteiger partial charge in [-0.2, -0.15) is 0 Å². The van der Waals surface area contributed by atoms with Crippen molar-refractivity contribution < 1.29 is 28.3 Å². The molecule has 9 atom stereocenters. The fraction of sp³-hybridized carbons (Fsp3) is 0.472. The zero-order valence-corrected chi connectivity index (χ0v) is 25.2. The number of fused-ring (bicyclic) bond motifs is 4. The van der Waals surface area contributed by atoms with Crippen LogP contribution in [-0.2, 0) is 19.1 Å². The molecule has 1 amide bonds. The van der Waals surface area contributed by atoms with Gasteiger partial charge in [-0.1, -0.05) is 56.9 Å². The van der Waals surface area contributed by atoms with E-state index in [-0.39, 0.29) is 54.2 Å². The van der Waals surface area contributed by atoms with Crippen molar-refractivity contribution in [3.8, 4) is 23.7 Å². The Morgan fingerprint density at radius 1 is 1.12 bits per heavy atom. The van der Waals surface area contributed by atoms with E-state index in [9.17, 15) is 14.4 Å². The molecule has 1 aromatic heterocycles. The maximum absolute atomic E-state index is 13.8. The third kappa shape index (κ3) is 3.44. The van der Waals surface area contributed by atoms with E-state index in [4.69, 9.17) is 20.3 Å². The number of nitrogens with one attached hydrogen (secondary N) is 1. The Labute approximate surface area is 252 Å². The molecule has 0 spiro atoms. The minimum Gasteiger partial charge on any atom is -0.464 e. The Bertz CT molecular complexity index is 1660. The summed E-state index contributed by atoms with van der Waals surface area (Å²) in [5.74, 6) is 2.55. The number of esters is 1. The molecule has 7 nitrogen and oxygen atoms in total. The number of hydrogen-bond donors (Lipinski definition) is 1. The van der Waals surface area contributed by atoms with Gasteiger partial charge in [-0.15, -0.1) is 6.42 Å². The highest BCUT2D eigenvalue weighted by Gasteiger charge is 2.77. The Morgan fingerprint density at radius 2 is 1.86 bits per heavy atom. The smallest absolute Gasteiger partial charge is 0.316 e. The predicted octanol–water partition coefficient (Wildman–Crippen LogP) is 5.62. The third-order valence-electron chi connectivity index (χ3n) is 11.6. The average Bonchev–Trinajstić information content (AvgIpc) is 3.73. The lowest BCUT2D eigenvalue weighted by molar-refractivity contribution is -0.186. The summed E-state index contributed by atoms with van der Waals surface area (Å²) in [6.45, 7) is 10.7. The number of rotatable bonds is 5. The molecule has 0 radical (unpaired) electrons. The lowest BCUT2D eigenvalue weighted by Crippen LogP contribution is -2.65. The van der Waals surface area contributed by atoms with Crippen LogP contribution in [-0.4, -0.2) is 42.5 Å². The zero-order valence-electron chi connectivity index (χ0n) is 25.2. The fourth-order valence-corrected chi connectivity index (χ4v) is 9.92. The highest BCUT2D eigenvalue weighted by Crippen LogP contribution is 2.72. The van der Waals surface area contributed by atoms with E-state index in [0.29, 0.717) is 5.56 Å². The molecular weight excluding hydrogens is 542 g/mol. The maximum Gasteiger partial charge on any atom is 0.316 e. The first-order valence-electron chi connectivity index (χ1n) is 15.2. The first kappa shape index (κ1) is 27.9. The van der Waals surface area contributed by atoms with Crippen molar-refractivity contribution in [3.63, 3.8) is 0 Å². The van der Waals surface area contributed by atoms with Crippen LogP contribution in [0.4, 0.5) is 0 Å². The van der Waals surface area contributed by atoms with Gasteiger partial charge in [0.2, 0.25) is 0 Å². The summed E-state index contributed by atoms with van der Waals surface area (Å²) < 4.78 is 19.1. The number of carbonyl (C=O) groups is 3. The Morgan fingerprint density at radius 3 is 2.56 bits per heavy atom. The van der Waals surface area contributed by atoms with Crippen molar-refractivity contribution >= 4 is 17.7 Å². The Kier molecular flexibility index (Phi) is 6.04. The second-order valence-corrected chi connectivity index (χ2v) is 13.5. The summed E-state index contributed by atoms with van der Waals surface area (Å²) in [7, 11) is 0. The van der Waals surface area contributed by atoms with Crippen molar-refractivity contribution in [2.75, 3.05) is 6.54 Å². The second-order valence-electron chi connectivity index (χ2n) is 13.5. The second kappa shape index (κ2) is 9.30. The molecule has 2 aliphatic heterocycles. The molecule has 2 saturated heterocycles. The quantitative estimate of drug-likeness (QED) is 0.281. The summed E-state index contributed by atoms with van der Waals surface area (Å²) in [5.41, 5.74) is 2.89. The van der Waals surface area contributed by atoms with Crippen LogP contribution >= 0.6 is 0 Å². The van der Waals surface area contributed by atoms with Gasteiger partial charge in [0.05, 0.1) is 24.3 Å². The van der Waals surface area contributed by atoms with E-state index in [1.165, 1.54) is 11.1 Å². The summed E-state index contributed by atoms with van der Waals surface area (Å²) in [6, 6.07) is 9.35. The molecule has 0 unspecified atom stereocenters. The molecule has 7 heteroatoms. The average molecular weight is 580 g/mol. The summed E-state index contributed by atoms with van der Waals surface area (Å²) in [6.07, 6.45) is 11.0. The largest absolute Gasteiger partial charge is 0.464 e. The number of amides is 1. The van der Waals surface area contributed by atoms with E-state index in [0.717, 1.165) is 29.7 Å². The minimum absolute atomic E-state index is 0.0248. The van der Waals surface area contributed by atoms with Crippen LogP contribution in [0.5, 0.6) is 0 Å². The van der Waals surface area contributed by atoms with Crippen molar-refractivity contribution in [2.45, 2.75) is 71.7 Å². The van der Waals surface area contributed by atoms with Gasteiger partial charge in [-0.05, 0) is 56.0 Å². The lowest BCUT2D eigenvalue weighted by atomic mass is 9.42. The molecule has 2 aromatic rings. The van der Waals surface area contributed by atoms with E-state index < -0.39 is 22.3 Å². The molecule has 3 heterocycles. The van der Waals surface area contributed by atoms with E-state index in [2.05, 4.69) is 38.9 Å². The van der Waals surface area contributed by atoms with Gasteiger partial charge in [-0.25, -0.2) is 0 Å². The van der Waals surface area contributed by atoms with Crippen molar-refractivity contribution in [1.82, 2.24) is 5.32 Å². The van der Waals surface area contributed by atoms with Crippen LogP contribution < -0.4 is 5.32 Å². The number of allylic oxidation sites excluding steroid dienone is 2. The fourth-order valence-electron chi connectivity index (χ4n) is 9.92. The van der Waals surface area contributed by atoms with Gasteiger partial charge < -0.3 is 19.2 Å². The molecule has 1 saturated carbocycles. The topological polar surface area (TPSA) is 94.8 Å². The van der Waals surface area contributed by atoms with Crippen LogP contribution in [0.15, 0.2) is 64.3 Å². The van der Waals surface area contributed by atoms with Gasteiger partial charge in [-0.3, -0.25) is 14.4 Å². The SMILES string of the molecule is C#CCNC(=O)c1ccc(-c2occc2[C@@H]2C[C@H]3O[C@@H]4[C@@H]5OC(=O)[C@]6(C)C=CC(=O)[C@](C)([C@@H](CC)[C@]4(C)C3=C2C)[C@@H]56)cc1. The van der Waals surface area contributed by atoms with E-state index >= 15 is 0 Å². The molecule has 222 valence electrons. The predicted molar refractivity (Wildman–Crippen MR) is 160 cm³/mol. The molecule has 3 aliphatic carbocycles. The summed E-state index contributed by atoms with van der Waals surface area (Å²) >= 11 is 0. The van der Waals surface area contributed by atoms with Gasteiger partial charge in [0.1, 0.15) is 18.0 Å². The van der Waals surface area contributed by atoms with Crippen molar-refractivity contribution in [2.24, 2.45) is 28.1 Å². The molecule has 3 fully saturated rings. The molecule has 1 aromatic carbocycles. The van der Waals surface area contributed by atoms with Crippen molar-refractivity contribution in [3.05, 3.63) is 71.0 Å². The normalized spacial score (nSPS) is 38.8. The Balaban J connectivity index is 1.27. The van der Waals surface area contributed by atoms with Gasteiger partial charge in [0.25, 0.3) is 5.91 Å². The van der Waals surface area contributed by atoms with E-state index in [1.807, 2.05) is 25.1 Å². The van der Waals surface area contributed by atoms with Gasteiger partial charge in [0, 0.05) is 39.4 Å². The minimum atomic E-state index is -0.835. The van der Waals surface area contributed by atoms with Crippen LogP contribution in [0, 0.1) is 40.4 Å². The number of terminal acetylenes is 1. The molecule has 43 heavy (non-hydrogen) atoms. The number of furan rings is 1. The highest BCUT2D eigenvalue weighted by molar-refractivity contribution is 6.00. The Hall–Kier alpha value is -3.89. The highest BCUT2D eigenvalue weighted by atomic mass is 16.6. The van der Waals surface area contributed by atoms with Gasteiger partial charge >= 0.3 is 5.97 Å². The van der Waals surface area contributed by atoms with Crippen molar-refractivity contribution in [1.29, 1.82) is 0 Å². The lowest BCUT2D eigenvalue weighted by Gasteiger charge is -2.59. The van der Waals surface area contributed by atoms with Crippen LogP contribution in [0.25, 0.3) is 11.3 Å². The monoisotopic (exact) mass is 579 g/mol. The number of benzene rings is 1. The van der Waals surface area contributed by atoms with Crippen LogP contribution in [0.1, 0.15) is 69.3 Å². The standard InChI is InChI=1S/C36H37NO6/c1-7-16-37-32(39)21-11-9-20(10-12-21)28-22(14-17-41-28)23-18-24-27(19(23)3)36(6)25(8-2)35(5)26(38)13-15-34(4)30(35)29(31(36)42-24)43-33(34)40/h1,9-15,17,23-25,29-31H,8,16,18H2,2-6H3,(H,37,39)/t23-,24-,25-,29-,30+,31-,34-,35+,36-/m1/s1. The third-order valence-corrected chi connectivity index (χ3v) is 11.6.